The maximum Gasteiger partial charge on any atom is 0.224 e. The van der Waals surface area contributed by atoms with Gasteiger partial charge in [-0.1, -0.05) is 30.3 Å². The van der Waals surface area contributed by atoms with Gasteiger partial charge in [0, 0.05) is 14.0 Å². The lowest BCUT2D eigenvalue weighted by Crippen LogP contribution is -2.35. The molecule has 2 amide bonds. The maximum atomic E-state index is 12.5. The number of likely N-dealkylation sites (N-methyl/N-ethyl adjacent to an activating group) is 1. The Morgan fingerprint density at radius 1 is 1.04 bits per heavy atom. The minimum atomic E-state index is -0.346. The van der Waals surface area contributed by atoms with Crippen molar-refractivity contribution in [2.24, 2.45) is 0 Å². The Balaban J connectivity index is 1.85. The molecule has 0 saturated heterocycles. The molecule has 0 aliphatic rings. The Hall–Kier alpha value is -3.02. The second-order valence-electron chi connectivity index (χ2n) is 6.21. The van der Waals surface area contributed by atoms with Gasteiger partial charge in [0.15, 0.2) is 0 Å². The molecule has 0 aliphatic heterocycles. The van der Waals surface area contributed by atoms with Crippen molar-refractivity contribution in [2.45, 2.75) is 19.4 Å². The van der Waals surface area contributed by atoms with E-state index in [0.29, 0.717) is 13.2 Å². The van der Waals surface area contributed by atoms with Crippen LogP contribution in [-0.2, 0) is 9.59 Å². The van der Waals surface area contributed by atoms with Crippen LogP contribution in [0.3, 0.4) is 0 Å². The lowest BCUT2D eigenvalue weighted by atomic mass is 10.0. The predicted octanol–water partition coefficient (Wildman–Crippen LogP) is 2.80. The van der Waals surface area contributed by atoms with Crippen molar-refractivity contribution in [3.63, 3.8) is 0 Å². The van der Waals surface area contributed by atoms with Crippen molar-refractivity contribution in [2.75, 3.05) is 27.3 Å². The fourth-order valence-electron chi connectivity index (χ4n) is 2.61. The Labute approximate surface area is 160 Å². The van der Waals surface area contributed by atoms with Crippen LogP contribution in [0.25, 0.3) is 0 Å². The fraction of sp³-hybridized carbons (Fsp3) is 0.333. The molecule has 2 aromatic rings. The van der Waals surface area contributed by atoms with E-state index in [1.807, 2.05) is 54.6 Å². The van der Waals surface area contributed by atoms with Crippen LogP contribution in [0.4, 0.5) is 0 Å². The summed E-state index contributed by atoms with van der Waals surface area (Å²) in [4.78, 5) is 25.6. The Morgan fingerprint density at radius 2 is 1.67 bits per heavy atom. The molecule has 0 aromatic heterocycles. The SMILES string of the molecule is COc1ccc(OCCN(C)C(=O)C[C@@H](NC(C)=O)c2ccccc2)cc1. The molecule has 1 N–H and O–H groups in total. The lowest BCUT2D eigenvalue weighted by molar-refractivity contribution is -0.131. The standard InChI is InChI=1S/C21H26N2O4/c1-16(24)22-20(17-7-5-4-6-8-17)15-21(25)23(2)13-14-27-19-11-9-18(26-3)10-12-19/h4-12,20H,13-15H2,1-3H3,(H,22,24)/t20-/m1/s1. The third kappa shape index (κ3) is 6.66. The summed E-state index contributed by atoms with van der Waals surface area (Å²) >= 11 is 0. The number of carbonyl (C=O) groups excluding carboxylic acids is 2. The van der Waals surface area contributed by atoms with E-state index in [4.69, 9.17) is 9.47 Å². The number of nitrogens with zero attached hydrogens (tertiary/aromatic N) is 1. The molecular formula is C21H26N2O4. The first kappa shape index (κ1) is 20.3. The number of ether oxygens (including phenoxy) is 2. The van der Waals surface area contributed by atoms with Crippen molar-refractivity contribution in [3.05, 3.63) is 60.2 Å². The van der Waals surface area contributed by atoms with E-state index in [1.165, 1.54) is 6.92 Å². The van der Waals surface area contributed by atoms with E-state index in [0.717, 1.165) is 17.1 Å². The zero-order chi connectivity index (χ0) is 19.6. The minimum absolute atomic E-state index is 0.0593. The number of nitrogens with one attached hydrogen (secondary N) is 1. The molecule has 144 valence electrons. The maximum absolute atomic E-state index is 12.5. The third-order valence-electron chi connectivity index (χ3n) is 4.14. The van der Waals surface area contributed by atoms with Gasteiger partial charge in [-0.25, -0.2) is 0 Å². The Bertz CT molecular complexity index is 732. The highest BCUT2D eigenvalue weighted by atomic mass is 16.5. The summed E-state index contributed by atoms with van der Waals surface area (Å²) in [7, 11) is 3.34. The summed E-state index contributed by atoms with van der Waals surface area (Å²) < 4.78 is 10.8. The summed E-state index contributed by atoms with van der Waals surface area (Å²) in [6, 6.07) is 16.4. The highest BCUT2D eigenvalue weighted by molar-refractivity contribution is 5.79. The van der Waals surface area contributed by atoms with Gasteiger partial charge < -0.3 is 19.7 Å². The first-order valence-corrected chi connectivity index (χ1v) is 8.82. The van der Waals surface area contributed by atoms with Gasteiger partial charge in [0.05, 0.1) is 26.1 Å². The van der Waals surface area contributed by atoms with Gasteiger partial charge in [-0.3, -0.25) is 9.59 Å². The molecule has 0 saturated carbocycles. The van der Waals surface area contributed by atoms with Crippen LogP contribution in [0.5, 0.6) is 11.5 Å². The zero-order valence-electron chi connectivity index (χ0n) is 16.0. The molecule has 1 atom stereocenters. The molecule has 0 fully saturated rings. The molecule has 6 nitrogen and oxygen atoms in total. The van der Waals surface area contributed by atoms with Gasteiger partial charge >= 0.3 is 0 Å². The number of benzene rings is 2. The van der Waals surface area contributed by atoms with Crippen LogP contribution in [0.1, 0.15) is 24.9 Å². The molecule has 2 aromatic carbocycles. The van der Waals surface area contributed by atoms with Gasteiger partial charge in [-0.15, -0.1) is 0 Å². The molecule has 0 aliphatic carbocycles. The van der Waals surface area contributed by atoms with E-state index in [2.05, 4.69) is 5.32 Å². The zero-order valence-corrected chi connectivity index (χ0v) is 16.0. The third-order valence-corrected chi connectivity index (χ3v) is 4.14. The molecule has 0 heterocycles. The van der Waals surface area contributed by atoms with E-state index < -0.39 is 0 Å². The largest absolute Gasteiger partial charge is 0.497 e. The van der Waals surface area contributed by atoms with Crippen LogP contribution in [0, 0.1) is 0 Å². The quantitative estimate of drug-likeness (QED) is 0.737. The molecule has 0 spiro atoms. The number of rotatable bonds is 9. The van der Waals surface area contributed by atoms with E-state index in [-0.39, 0.29) is 24.3 Å². The van der Waals surface area contributed by atoms with Gasteiger partial charge in [-0.2, -0.15) is 0 Å². The number of hydrogen-bond acceptors (Lipinski definition) is 4. The molecular weight excluding hydrogens is 344 g/mol. The monoisotopic (exact) mass is 370 g/mol. The fourth-order valence-corrected chi connectivity index (χ4v) is 2.61. The topological polar surface area (TPSA) is 67.9 Å². The highest BCUT2D eigenvalue weighted by Gasteiger charge is 2.19. The summed E-state index contributed by atoms with van der Waals surface area (Å²) in [5.74, 6) is 1.26. The first-order valence-electron chi connectivity index (χ1n) is 8.82. The smallest absolute Gasteiger partial charge is 0.224 e. The number of carbonyl (C=O) groups is 2. The number of hydrogen-bond donors (Lipinski definition) is 1. The highest BCUT2D eigenvalue weighted by Crippen LogP contribution is 2.18. The van der Waals surface area contributed by atoms with Crippen LogP contribution < -0.4 is 14.8 Å². The summed E-state index contributed by atoms with van der Waals surface area (Å²) in [6.07, 6.45) is 0.197. The van der Waals surface area contributed by atoms with Gasteiger partial charge in [-0.05, 0) is 29.8 Å². The predicted molar refractivity (Wildman–Crippen MR) is 104 cm³/mol. The second kappa shape index (κ2) is 10.2. The van der Waals surface area contributed by atoms with Crippen molar-refractivity contribution in [1.82, 2.24) is 10.2 Å². The normalized spacial score (nSPS) is 11.4. The lowest BCUT2D eigenvalue weighted by Gasteiger charge is -2.22. The second-order valence-corrected chi connectivity index (χ2v) is 6.21. The van der Waals surface area contributed by atoms with Crippen LogP contribution >= 0.6 is 0 Å². The summed E-state index contributed by atoms with van der Waals surface area (Å²) in [5.41, 5.74) is 0.906. The van der Waals surface area contributed by atoms with Crippen molar-refractivity contribution in [1.29, 1.82) is 0 Å². The van der Waals surface area contributed by atoms with Crippen molar-refractivity contribution < 1.29 is 19.1 Å². The average molecular weight is 370 g/mol. The number of methoxy groups -OCH3 is 1. The van der Waals surface area contributed by atoms with Crippen LogP contribution in [0.2, 0.25) is 0 Å². The van der Waals surface area contributed by atoms with E-state index in [1.54, 1.807) is 19.1 Å². The van der Waals surface area contributed by atoms with Gasteiger partial charge in [0.2, 0.25) is 11.8 Å². The van der Waals surface area contributed by atoms with Crippen LogP contribution in [-0.4, -0.2) is 44.0 Å². The van der Waals surface area contributed by atoms with Crippen molar-refractivity contribution in [3.8, 4) is 11.5 Å². The molecule has 0 bridgehead atoms. The minimum Gasteiger partial charge on any atom is -0.497 e. The Morgan fingerprint density at radius 3 is 2.26 bits per heavy atom. The molecule has 2 rings (SSSR count). The number of amides is 2. The van der Waals surface area contributed by atoms with E-state index >= 15 is 0 Å². The summed E-state index contributed by atoms with van der Waals surface area (Å²) in [5, 5.41) is 2.85. The molecule has 6 heteroatoms. The molecule has 27 heavy (non-hydrogen) atoms. The molecule has 0 unspecified atom stereocenters. The molecule has 0 radical (unpaired) electrons. The van der Waals surface area contributed by atoms with Crippen molar-refractivity contribution >= 4 is 11.8 Å². The summed E-state index contributed by atoms with van der Waals surface area (Å²) in [6.45, 7) is 2.28. The van der Waals surface area contributed by atoms with E-state index in [9.17, 15) is 9.59 Å². The first-order chi connectivity index (χ1) is 13.0. The van der Waals surface area contributed by atoms with Crippen LogP contribution in [0.15, 0.2) is 54.6 Å². The van der Waals surface area contributed by atoms with Gasteiger partial charge in [0.25, 0.3) is 0 Å². The average Bonchev–Trinajstić information content (AvgIpc) is 2.68. The van der Waals surface area contributed by atoms with Gasteiger partial charge in [0.1, 0.15) is 18.1 Å². The Kier molecular flexibility index (Phi) is 7.67.